The van der Waals surface area contributed by atoms with Crippen LogP contribution in [-0.4, -0.2) is 77.5 Å². The van der Waals surface area contributed by atoms with Gasteiger partial charge in [0.15, 0.2) is 0 Å². The number of unbranched alkanes of at least 4 members (excludes halogenated alkanes) is 35. The van der Waals surface area contributed by atoms with Gasteiger partial charge in [0.05, 0.1) is 39.1 Å². The minimum absolute atomic E-state index is 0.109. The maximum absolute atomic E-state index is 11.1. The third-order valence-corrected chi connectivity index (χ3v) is 13.2. The fourth-order valence-electron chi connectivity index (χ4n) is 7.25. The second-order valence-corrected chi connectivity index (χ2v) is 21.0. The zero-order chi connectivity index (χ0) is 49.5. The molecule has 0 rings (SSSR count). The molecule has 3 radical (unpaired) electrons. The van der Waals surface area contributed by atoms with E-state index in [0.717, 1.165) is 19.3 Å². The Balaban J connectivity index is -0.000000400. The number of carbonyl (C=O) groups excluding carboxylic acids is 3. The monoisotopic (exact) mass is 1100 g/mol. The molecule has 0 aliphatic heterocycles. The first-order valence-corrected chi connectivity index (χ1v) is 32.2. The molecule has 0 N–H and O–H groups in total. The molecule has 0 aromatic carbocycles. The van der Waals surface area contributed by atoms with Crippen LogP contribution in [0.25, 0.3) is 0 Å². The Hall–Kier alpha value is 0.259. The van der Waals surface area contributed by atoms with E-state index < -0.39 is 0 Å². The molecule has 6 nitrogen and oxygen atoms in total. The zero-order valence-corrected chi connectivity index (χ0v) is 50.0. The molecule has 0 aliphatic carbocycles. The van der Waals surface area contributed by atoms with Crippen molar-refractivity contribution in [2.75, 3.05) is 37.1 Å². The van der Waals surface area contributed by atoms with E-state index in [-0.39, 0.29) is 17.9 Å². The van der Waals surface area contributed by atoms with E-state index in [1.807, 2.05) is 0 Å². The fraction of sp³-hybridized carbons (Fsp3) is 0.946. The molecule has 0 saturated carbocycles. The second-order valence-electron chi connectivity index (χ2n) is 18.2. The van der Waals surface area contributed by atoms with Crippen molar-refractivity contribution in [1.82, 2.24) is 0 Å². The van der Waals surface area contributed by atoms with Crippen LogP contribution in [0.5, 0.6) is 0 Å². The molecule has 0 saturated heterocycles. The van der Waals surface area contributed by atoms with E-state index in [1.165, 1.54) is 236 Å². The zero-order valence-electron chi connectivity index (χ0n) is 44.4. The molecule has 0 heterocycles. The van der Waals surface area contributed by atoms with E-state index >= 15 is 0 Å². The predicted molar refractivity (Wildman–Crippen MR) is 302 cm³/mol. The van der Waals surface area contributed by atoms with Crippen molar-refractivity contribution in [3.05, 3.63) is 0 Å². The quantitative estimate of drug-likeness (QED) is 0.0185. The average Bonchev–Trinajstić information content (AvgIpc) is 3.31. The van der Waals surface area contributed by atoms with Crippen LogP contribution in [0, 0.1) is 0 Å². The Kier molecular flexibility index (Phi) is 79.2. The molecule has 0 aliphatic rings. The summed E-state index contributed by atoms with van der Waals surface area (Å²) in [7, 11) is 0. The number of thiol groups is 3. The van der Waals surface area contributed by atoms with Gasteiger partial charge in [-0.2, -0.15) is 37.9 Å². The molecule has 10 heteroatoms. The molecule has 66 heavy (non-hydrogen) atoms. The van der Waals surface area contributed by atoms with Crippen molar-refractivity contribution in [3.63, 3.8) is 0 Å². The summed E-state index contributed by atoms with van der Waals surface area (Å²) in [5, 5.41) is 0. The van der Waals surface area contributed by atoms with Gasteiger partial charge in [-0.3, -0.25) is 14.4 Å². The second kappa shape index (κ2) is 71.8. The van der Waals surface area contributed by atoms with E-state index in [2.05, 4.69) is 65.6 Å². The molecule has 0 bridgehead atoms. The van der Waals surface area contributed by atoms with Crippen molar-refractivity contribution in [2.45, 2.75) is 302 Å². The van der Waals surface area contributed by atoms with Crippen molar-refractivity contribution in [3.8, 4) is 0 Å². The first-order chi connectivity index (χ1) is 32.3. The molecule has 0 unspecified atom stereocenters. The standard InChI is InChI=1S/3C16H32O2S.C8H17.Sn/c3*1-2-3-4-5-6-7-8-9-10-11-12-14-18-16(17)13-15-19;1-3-5-7-8-6-4-2;/h3*19H,2-15H2,1H3;1,3-8H2,2H3;. The van der Waals surface area contributed by atoms with Crippen molar-refractivity contribution >= 4 is 78.3 Å². The number of rotatable bonds is 48. The first kappa shape index (κ1) is 72.8. The molecule has 395 valence electrons. The van der Waals surface area contributed by atoms with Gasteiger partial charge >= 0.3 is 90.3 Å². The normalized spacial score (nSPS) is 10.5. The summed E-state index contributed by atoms with van der Waals surface area (Å²) in [6, 6.07) is 0. The van der Waals surface area contributed by atoms with Crippen LogP contribution in [0.1, 0.15) is 297 Å². The molecular formula is C56H113O6S3Sn. The van der Waals surface area contributed by atoms with E-state index in [9.17, 15) is 14.4 Å². The van der Waals surface area contributed by atoms with Gasteiger partial charge in [-0.25, -0.2) is 0 Å². The predicted octanol–water partition coefficient (Wildman–Crippen LogP) is 18.4. The molecule has 0 aromatic rings. The molecule has 0 amide bonds. The first-order valence-electron chi connectivity index (χ1n) is 28.3. The third-order valence-electron chi connectivity index (χ3n) is 11.5. The van der Waals surface area contributed by atoms with Gasteiger partial charge in [-0.15, -0.1) is 0 Å². The van der Waals surface area contributed by atoms with Gasteiger partial charge in [0, 0.05) is 17.3 Å². The minimum atomic E-state index is -0.109. The Bertz CT molecular complexity index is 794. The summed E-state index contributed by atoms with van der Waals surface area (Å²) in [6.45, 7) is 10.8. The van der Waals surface area contributed by atoms with Crippen LogP contribution in [0.2, 0.25) is 4.44 Å². The summed E-state index contributed by atoms with van der Waals surface area (Å²) >= 11 is 13.7. The summed E-state index contributed by atoms with van der Waals surface area (Å²) in [5.74, 6) is 1.41. The number of esters is 3. The van der Waals surface area contributed by atoms with Crippen LogP contribution >= 0.6 is 37.9 Å². The van der Waals surface area contributed by atoms with E-state index in [0.29, 0.717) is 56.3 Å². The summed E-state index contributed by atoms with van der Waals surface area (Å²) in [6.07, 6.45) is 53.5. The van der Waals surface area contributed by atoms with Crippen LogP contribution in [-0.2, 0) is 28.6 Å². The Labute approximate surface area is 442 Å². The fourth-order valence-corrected chi connectivity index (χ4v) is 8.51. The maximum atomic E-state index is 11.1. The van der Waals surface area contributed by atoms with Crippen molar-refractivity contribution in [2.24, 2.45) is 0 Å². The Morgan fingerprint density at radius 3 is 0.621 bits per heavy atom. The van der Waals surface area contributed by atoms with E-state index in [1.54, 1.807) is 22.5 Å². The van der Waals surface area contributed by atoms with Crippen LogP contribution < -0.4 is 0 Å². The summed E-state index contributed by atoms with van der Waals surface area (Å²) in [4.78, 5) is 33.2. The summed E-state index contributed by atoms with van der Waals surface area (Å²) in [5.41, 5.74) is 0. The van der Waals surface area contributed by atoms with Crippen LogP contribution in [0.3, 0.4) is 0 Å². The number of hydrogen-bond donors (Lipinski definition) is 3. The third kappa shape index (κ3) is 78.4. The van der Waals surface area contributed by atoms with Crippen LogP contribution in [0.15, 0.2) is 0 Å². The number of ether oxygens (including phenoxy) is 3. The van der Waals surface area contributed by atoms with Gasteiger partial charge in [0.25, 0.3) is 0 Å². The van der Waals surface area contributed by atoms with Gasteiger partial charge in [0.2, 0.25) is 0 Å². The average molecular weight is 1100 g/mol. The van der Waals surface area contributed by atoms with Crippen molar-refractivity contribution in [1.29, 1.82) is 0 Å². The van der Waals surface area contributed by atoms with Gasteiger partial charge < -0.3 is 14.2 Å². The Morgan fingerprint density at radius 1 is 0.288 bits per heavy atom. The van der Waals surface area contributed by atoms with Gasteiger partial charge in [-0.1, -0.05) is 213 Å². The van der Waals surface area contributed by atoms with E-state index in [4.69, 9.17) is 14.2 Å². The van der Waals surface area contributed by atoms with Gasteiger partial charge in [0.1, 0.15) is 0 Å². The molecule has 0 atom stereocenters. The van der Waals surface area contributed by atoms with Gasteiger partial charge in [-0.05, 0) is 19.3 Å². The SMILES string of the molecule is CCCCCCCCCCCCCOC(=O)CCS.CCCCCCCCCCCCCOC(=O)CCS.CCCCCCCCCCCCCOC(=O)CCS.CCCCCCC[CH2][Sn]. The molecule has 0 aromatic heterocycles. The molecule has 0 spiro atoms. The van der Waals surface area contributed by atoms with Crippen LogP contribution in [0.4, 0.5) is 0 Å². The number of hydrogen-bond acceptors (Lipinski definition) is 9. The summed E-state index contributed by atoms with van der Waals surface area (Å²) < 4.78 is 16.7. The Morgan fingerprint density at radius 2 is 0.455 bits per heavy atom. The molecular weight excluding hydrogens is 984 g/mol. The molecule has 0 fully saturated rings. The number of carbonyl (C=O) groups is 3. The topological polar surface area (TPSA) is 78.9 Å². The van der Waals surface area contributed by atoms with Crippen molar-refractivity contribution < 1.29 is 28.6 Å².